The van der Waals surface area contributed by atoms with E-state index in [-0.39, 0.29) is 24.8 Å². The molecule has 3 rings (SSSR count). The Morgan fingerprint density at radius 2 is 1.83 bits per heavy atom. The Morgan fingerprint density at radius 1 is 1.14 bits per heavy atom. The van der Waals surface area contributed by atoms with Crippen molar-refractivity contribution in [3.05, 3.63) is 24.3 Å². The molecule has 1 aromatic carbocycles. The molecule has 9 nitrogen and oxygen atoms in total. The quantitative estimate of drug-likeness (QED) is 0.548. The van der Waals surface area contributed by atoms with Gasteiger partial charge < -0.3 is 29.5 Å². The zero-order valence-electron chi connectivity index (χ0n) is 17.0. The molecule has 2 heterocycles. The maximum atomic E-state index is 12.8. The van der Waals surface area contributed by atoms with Crippen molar-refractivity contribution in [1.29, 1.82) is 0 Å². The number of carbonyl (C=O) groups excluding carboxylic acids is 3. The Hall–Kier alpha value is -2.81. The lowest BCUT2D eigenvalue weighted by molar-refractivity contribution is -0.909. The molecule has 0 spiro atoms. The van der Waals surface area contributed by atoms with Crippen LogP contribution < -0.4 is 19.9 Å². The van der Waals surface area contributed by atoms with Crippen molar-refractivity contribution in [3.8, 4) is 5.75 Å². The standard InChI is InChI=1S/C20H28N4O5/c1-28-16-5-3-15(4-6-16)22-9-11-23(12-10-22)18(25)14-24-8-7-21-20(27)17(24)13-19(26)29-2/h3-6,17H,7-14H2,1-2H3,(H,21,27)/p+1/t17-/m1/s1. The maximum absolute atomic E-state index is 12.8. The van der Waals surface area contributed by atoms with Gasteiger partial charge in [-0.15, -0.1) is 0 Å². The summed E-state index contributed by atoms with van der Waals surface area (Å²) in [6, 6.07) is 7.31. The van der Waals surface area contributed by atoms with E-state index in [4.69, 9.17) is 9.47 Å². The molecule has 1 unspecified atom stereocenters. The highest BCUT2D eigenvalue weighted by molar-refractivity contribution is 5.86. The van der Waals surface area contributed by atoms with Crippen LogP contribution in [0.4, 0.5) is 5.69 Å². The highest BCUT2D eigenvalue weighted by Crippen LogP contribution is 2.20. The van der Waals surface area contributed by atoms with Crippen molar-refractivity contribution >= 4 is 23.5 Å². The number of benzene rings is 1. The summed E-state index contributed by atoms with van der Waals surface area (Å²) in [6.07, 6.45) is -0.0177. The Bertz CT molecular complexity index is 731. The minimum atomic E-state index is -0.583. The van der Waals surface area contributed by atoms with E-state index in [1.165, 1.54) is 7.11 Å². The topological polar surface area (TPSA) is 92.6 Å². The molecule has 29 heavy (non-hydrogen) atoms. The number of hydrogen-bond donors (Lipinski definition) is 2. The summed E-state index contributed by atoms with van der Waals surface area (Å²) < 4.78 is 9.89. The molecule has 0 aliphatic carbocycles. The average Bonchev–Trinajstić information content (AvgIpc) is 2.76. The van der Waals surface area contributed by atoms with Crippen molar-refractivity contribution in [2.45, 2.75) is 12.5 Å². The monoisotopic (exact) mass is 405 g/mol. The molecule has 0 radical (unpaired) electrons. The summed E-state index contributed by atoms with van der Waals surface area (Å²) >= 11 is 0. The molecule has 2 N–H and O–H groups in total. The molecule has 0 saturated carbocycles. The number of esters is 1. The van der Waals surface area contributed by atoms with Crippen LogP contribution in [0.2, 0.25) is 0 Å². The van der Waals surface area contributed by atoms with Crippen LogP contribution in [0.15, 0.2) is 24.3 Å². The normalized spacial score (nSPS) is 22.1. The highest BCUT2D eigenvalue weighted by atomic mass is 16.5. The van der Waals surface area contributed by atoms with Crippen LogP contribution in [0.25, 0.3) is 0 Å². The van der Waals surface area contributed by atoms with Gasteiger partial charge in [-0.3, -0.25) is 14.4 Å². The van der Waals surface area contributed by atoms with Crippen molar-refractivity contribution < 1.29 is 28.8 Å². The van der Waals surface area contributed by atoms with Gasteiger partial charge in [0.15, 0.2) is 12.6 Å². The Labute approximate surface area is 170 Å². The Morgan fingerprint density at radius 3 is 2.45 bits per heavy atom. The number of rotatable bonds is 6. The Balaban J connectivity index is 1.54. The summed E-state index contributed by atoms with van der Waals surface area (Å²) in [5.41, 5.74) is 1.11. The van der Waals surface area contributed by atoms with Crippen molar-refractivity contribution in [3.63, 3.8) is 0 Å². The molecule has 2 aliphatic heterocycles. The molecule has 9 heteroatoms. The van der Waals surface area contributed by atoms with Gasteiger partial charge in [0.25, 0.3) is 11.8 Å². The van der Waals surface area contributed by atoms with E-state index in [0.717, 1.165) is 29.4 Å². The molecule has 2 atom stereocenters. The van der Waals surface area contributed by atoms with Crippen molar-refractivity contribution in [2.75, 3.05) is 64.9 Å². The summed E-state index contributed by atoms with van der Waals surface area (Å²) in [6.45, 7) is 4.09. The lowest BCUT2D eigenvalue weighted by Crippen LogP contribution is -3.20. The molecule has 0 bridgehead atoms. The first kappa shape index (κ1) is 20.9. The predicted octanol–water partition coefficient (Wildman–Crippen LogP) is -1.71. The smallest absolute Gasteiger partial charge is 0.312 e. The van der Waals surface area contributed by atoms with E-state index in [2.05, 4.69) is 10.2 Å². The number of quaternary nitrogens is 1. The summed E-state index contributed by atoms with van der Waals surface area (Å²) in [5, 5.41) is 2.77. The minimum Gasteiger partial charge on any atom is -0.497 e. The number of ether oxygens (including phenoxy) is 2. The molecule has 2 saturated heterocycles. The number of methoxy groups -OCH3 is 2. The number of amides is 2. The number of nitrogens with one attached hydrogen (secondary N) is 2. The molecule has 1 aromatic rings. The zero-order chi connectivity index (χ0) is 20.8. The first-order valence-corrected chi connectivity index (χ1v) is 9.87. The second-order valence-electron chi connectivity index (χ2n) is 7.27. The molecule has 0 aromatic heterocycles. The van der Waals surface area contributed by atoms with E-state index in [0.29, 0.717) is 26.2 Å². The number of piperazine rings is 2. The number of hydrogen-bond acceptors (Lipinski definition) is 6. The number of anilines is 1. The van der Waals surface area contributed by atoms with E-state index in [9.17, 15) is 14.4 Å². The molecular formula is C20H29N4O5+. The number of nitrogens with zero attached hydrogens (tertiary/aromatic N) is 2. The van der Waals surface area contributed by atoms with Gasteiger partial charge >= 0.3 is 5.97 Å². The van der Waals surface area contributed by atoms with Crippen LogP contribution in [0, 0.1) is 0 Å². The highest BCUT2D eigenvalue weighted by Gasteiger charge is 2.37. The molecule has 158 valence electrons. The largest absolute Gasteiger partial charge is 0.497 e. The number of carbonyl (C=O) groups is 3. The van der Waals surface area contributed by atoms with Gasteiger partial charge in [-0.25, -0.2) is 0 Å². The van der Waals surface area contributed by atoms with Gasteiger partial charge in [0.1, 0.15) is 12.2 Å². The van der Waals surface area contributed by atoms with Gasteiger partial charge in [0, 0.05) is 31.9 Å². The predicted molar refractivity (Wildman–Crippen MR) is 106 cm³/mol. The SMILES string of the molecule is COC(=O)C[C@@H]1C(=O)NCC[NH+]1CC(=O)N1CCN(c2ccc(OC)cc2)CC1. The van der Waals surface area contributed by atoms with Gasteiger partial charge in [-0.1, -0.05) is 0 Å². The van der Waals surface area contributed by atoms with Crippen molar-refractivity contribution in [1.82, 2.24) is 10.2 Å². The summed E-state index contributed by atoms with van der Waals surface area (Å²) in [4.78, 5) is 41.6. The third-order valence-corrected chi connectivity index (χ3v) is 5.60. The van der Waals surface area contributed by atoms with Crippen LogP contribution in [-0.4, -0.2) is 88.8 Å². The Kier molecular flexibility index (Phi) is 6.92. The lowest BCUT2D eigenvalue weighted by atomic mass is 10.1. The zero-order valence-corrected chi connectivity index (χ0v) is 17.0. The summed E-state index contributed by atoms with van der Waals surface area (Å²) in [5.74, 6) is 0.190. The fourth-order valence-corrected chi connectivity index (χ4v) is 3.84. The fraction of sp³-hybridized carbons (Fsp3) is 0.550. The van der Waals surface area contributed by atoms with Crippen LogP contribution in [-0.2, 0) is 19.1 Å². The average molecular weight is 405 g/mol. The van der Waals surface area contributed by atoms with E-state index < -0.39 is 12.0 Å². The molecule has 2 fully saturated rings. The third-order valence-electron chi connectivity index (χ3n) is 5.60. The van der Waals surface area contributed by atoms with E-state index in [1.807, 2.05) is 29.2 Å². The minimum absolute atomic E-state index is 0.0129. The third kappa shape index (κ3) is 5.17. The second-order valence-corrected chi connectivity index (χ2v) is 7.27. The molecular weight excluding hydrogens is 376 g/mol. The van der Waals surface area contributed by atoms with Crippen LogP contribution in [0.1, 0.15) is 6.42 Å². The second kappa shape index (κ2) is 9.60. The lowest BCUT2D eigenvalue weighted by Gasteiger charge is -2.37. The molecule has 2 aliphatic rings. The summed E-state index contributed by atoms with van der Waals surface area (Å²) in [7, 11) is 2.94. The first-order valence-electron chi connectivity index (χ1n) is 9.87. The first-order chi connectivity index (χ1) is 14.0. The van der Waals surface area contributed by atoms with Crippen molar-refractivity contribution in [2.24, 2.45) is 0 Å². The maximum Gasteiger partial charge on any atom is 0.312 e. The van der Waals surface area contributed by atoms with E-state index in [1.54, 1.807) is 7.11 Å². The van der Waals surface area contributed by atoms with Gasteiger partial charge in [-0.2, -0.15) is 0 Å². The van der Waals surface area contributed by atoms with Gasteiger partial charge in [-0.05, 0) is 24.3 Å². The van der Waals surface area contributed by atoms with Gasteiger partial charge in [0.05, 0.1) is 27.3 Å². The van der Waals surface area contributed by atoms with Crippen LogP contribution in [0.3, 0.4) is 0 Å². The van der Waals surface area contributed by atoms with Crippen LogP contribution in [0.5, 0.6) is 5.75 Å². The van der Waals surface area contributed by atoms with Gasteiger partial charge in [0.2, 0.25) is 0 Å². The fourth-order valence-electron chi connectivity index (χ4n) is 3.84. The van der Waals surface area contributed by atoms with E-state index >= 15 is 0 Å². The van der Waals surface area contributed by atoms with Crippen LogP contribution >= 0.6 is 0 Å². The molecule has 2 amide bonds.